The third kappa shape index (κ3) is 32.6. The molecule has 0 bridgehead atoms. The Morgan fingerprint density at radius 1 is 0.513 bits per heavy atom. The van der Waals surface area contributed by atoms with Crippen LogP contribution in [0.2, 0.25) is 0 Å². The average molecular weight is 619 g/mol. The van der Waals surface area contributed by atoms with Crippen molar-refractivity contribution in [3.05, 3.63) is 0 Å². The second kappa shape index (κ2) is 38.3. The zero-order chi connectivity index (χ0) is 26.5. The fourth-order valence-electron chi connectivity index (χ4n) is 5.13. The van der Waals surface area contributed by atoms with Gasteiger partial charge < -0.3 is 16.4 Å². The van der Waals surface area contributed by atoms with Gasteiger partial charge in [-0.15, -0.1) is 37.2 Å². The van der Waals surface area contributed by atoms with Crippen molar-refractivity contribution >= 4 is 43.1 Å². The molecule has 0 aromatic carbocycles. The molecule has 0 aliphatic rings. The minimum absolute atomic E-state index is 0. The molecule has 0 aromatic heterocycles. The number of unbranched alkanes of at least 4 members (excludes halogenated alkanes) is 21. The van der Waals surface area contributed by atoms with E-state index in [0.29, 0.717) is 6.54 Å². The largest absolute Gasteiger partial charge is 0.341 e. The van der Waals surface area contributed by atoms with Crippen molar-refractivity contribution in [3.8, 4) is 0 Å². The van der Waals surface area contributed by atoms with Crippen molar-refractivity contribution in [1.29, 1.82) is 0 Å². The molecule has 0 radical (unpaired) electrons. The number of nitrogens with two attached hydrogens (primary N) is 2. The van der Waals surface area contributed by atoms with E-state index >= 15 is 0 Å². The fraction of sp³-hybridized carbons (Fsp3) is 0.969. The predicted octanol–water partition coefficient (Wildman–Crippen LogP) is 10.2. The minimum Gasteiger partial charge on any atom is -0.341 e. The molecule has 7 heteroatoms. The van der Waals surface area contributed by atoms with Crippen LogP contribution in [-0.4, -0.2) is 36.5 Å². The monoisotopic (exact) mass is 617 g/mol. The van der Waals surface area contributed by atoms with Crippen molar-refractivity contribution in [1.82, 2.24) is 4.90 Å². The van der Waals surface area contributed by atoms with Gasteiger partial charge in [0, 0.05) is 13.1 Å². The first-order valence-corrected chi connectivity index (χ1v) is 16.4. The van der Waals surface area contributed by atoms with Crippen LogP contribution in [0.15, 0.2) is 0 Å². The SMILES string of the molecule is CCCCCCCCCCCCCCN(CCCCCCCCCCCC)C(=O)C(N)CCCCN.Cl.Cl.Cl. The Morgan fingerprint density at radius 3 is 1.13 bits per heavy atom. The number of amides is 1. The normalized spacial score (nSPS) is 11.3. The Morgan fingerprint density at radius 2 is 0.821 bits per heavy atom. The summed E-state index contributed by atoms with van der Waals surface area (Å²) in [6, 6.07) is -0.350. The van der Waals surface area contributed by atoms with Crippen molar-refractivity contribution in [2.45, 2.75) is 180 Å². The fourth-order valence-corrected chi connectivity index (χ4v) is 5.13. The van der Waals surface area contributed by atoms with E-state index in [9.17, 15) is 4.79 Å². The Bertz CT molecular complexity index is 458. The summed E-state index contributed by atoms with van der Waals surface area (Å²) in [7, 11) is 0. The van der Waals surface area contributed by atoms with E-state index in [4.69, 9.17) is 11.5 Å². The summed E-state index contributed by atoms with van der Waals surface area (Å²) in [5.74, 6) is 0.172. The van der Waals surface area contributed by atoms with Crippen LogP contribution in [0.3, 0.4) is 0 Å². The molecular formula is C32H70Cl3N3O. The highest BCUT2D eigenvalue weighted by Gasteiger charge is 2.20. The molecule has 0 heterocycles. The summed E-state index contributed by atoms with van der Waals surface area (Å²) in [6.07, 6.45) is 32.1. The Labute approximate surface area is 263 Å². The van der Waals surface area contributed by atoms with Crippen molar-refractivity contribution in [3.63, 3.8) is 0 Å². The highest BCUT2D eigenvalue weighted by Crippen LogP contribution is 2.14. The molecule has 0 saturated carbocycles. The Balaban J connectivity index is -0.00000204. The molecule has 39 heavy (non-hydrogen) atoms. The molecule has 0 rings (SSSR count). The van der Waals surface area contributed by atoms with E-state index in [0.717, 1.165) is 45.2 Å². The zero-order valence-corrected chi connectivity index (χ0v) is 28.6. The third-order valence-corrected chi connectivity index (χ3v) is 7.66. The maximum Gasteiger partial charge on any atom is 0.239 e. The van der Waals surface area contributed by atoms with Crippen LogP contribution in [0.5, 0.6) is 0 Å². The number of nitrogens with zero attached hydrogens (tertiary/aromatic N) is 1. The molecular weight excluding hydrogens is 549 g/mol. The van der Waals surface area contributed by atoms with Crippen molar-refractivity contribution in [2.24, 2.45) is 11.5 Å². The van der Waals surface area contributed by atoms with Gasteiger partial charge in [-0.3, -0.25) is 4.79 Å². The lowest BCUT2D eigenvalue weighted by Crippen LogP contribution is -2.44. The van der Waals surface area contributed by atoms with E-state index < -0.39 is 0 Å². The van der Waals surface area contributed by atoms with Gasteiger partial charge in [-0.05, 0) is 32.2 Å². The van der Waals surface area contributed by atoms with Gasteiger partial charge in [0.2, 0.25) is 5.91 Å². The number of carbonyl (C=O) groups is 1. The highest BCUT2D eigenvalue weighted by molar-refractivity contribution is 5.86. The molecule has 1 atom stereocenters. The van der Waals surface area contributed by atoms with Crippen LogP contribution in [0.25, 0.3) is 0 Å². The average Bonchev–Trinajstić information content (AvgIpc) is 2.88. The van der Waals surface area contributed by atoms with Gasteiger partial charge in [0.05, 0.1) is 6.04 Å². The summed E-state index contributed by atoms with van der Waals surface area (Å²) in [5.41, 5.74) is 11.9. The number of rotatable bonds is 29. The number of hydrogen-bond donors (Lipinski definition) is 2. The van der Waals surface area contributed by atoms with E-state index in [-0.39, 0.29) is 49.2 Å². The van der Waals surface area contributed by atoms with Crippen LogP contribution < -0.4 is 11.5 Å². The summed E-state index contributed by atoms with van der Waals surface area (Å²) < 4.78 is 0. The van der Waals surface area contributed by atoms with Crippen LogP contribution in [0.4, 0.5) is 0 Å². The molecule has 0 fully saturated rings. The first-order valence-electron chi connectivity index (χ1n) is 16.4. The van der Waals surface area contributed by atoms with Gasteiger partial charge in [-0.2, -0.15) is 0 Å². The minimum atomic E-state index is -0.350. The summed E-state index contributed by atoms with van der Waals surface area (Å²) in [4.78, 5) is 15.1. The molecule has 1 amide bonds. The first kappa shape index (κ1) is 46.2. The topological polar surface area (TPSA) is 72.3 Å². The van der Waals surface area contributed by atoms with Crippen molar-refractivity contribution in [2.75, 3.05) is 19.6 Å². The molecule has 0 aliphatic heterocycles. The molecule has 1 unspecified atom stereocenters. The van der Waals surface area contributed by atoms with E-state index in [1.54, 1.807) is 0 Å². The van der Waals surface area contributed by atoms with Gasteiger partial charge in [-0.1, -0.05) is 149 Å². The van der Waals surface area contributed by atoms with Gasteiger partial charge >= 0.3 is 0 Å². The van der Waals surface area contributed by atoms with Crippen molar-refractivity contribution < 1.29 is 4.79 Å². The second-order valence-corrected chi connectivity index (χ2v) is 11.3. The molecule has 0 aliphatic carbocycles. The Kier molecular flexibility index (Phi) is 45.3. The lowest BCUT2D eigenvalue weighted by molar-refractivity contribution is -0.133. The van der Waals surface area contributed by atoms with Gasteiger partial charge in [0.25, 0.3) is 0 Å². The number of hydrogen-bond acceptors (Lipinski definition) is 3. The summed E-state index contributed by atoms with van der Waals surface area (Å²) in [5, 5.41) is 0. The molecule has 0 aromatic rings. The van der Waals surface area contributed by atoms with Gasteiger partial charge in [-0.25, -0.2) is 0 Å². The maximum atomic E-state index is 13.0. The highest BCUT2D eigenvalue weighted by atomic mass is 35.5. The summed E-state index contributed by atoms with van der Waals surface area (Å²) >= 11 is 0. The van der Waals surface area contributed by atoms with Crippen LogP contribution in [-0.2, 0) is 4.79 Å². The lowest BCUT2D eigenvalue weighted by Gasteiger charge is -2.26. The molecule has 0 saturated heterocycles. The summed E-state index contributed by atoms with van der Waals surface area (Å²) in [6.45, 7) is 7.02. The molecule has 240 valence electrons. The quantitative estimate of drug-likeness (QED) is 0.0819. The number of carbonyl (C=O) groups excluding carboxylic acids is 1. The number of halogens is 3. The third-order valence-electron chi connectivity index (χ3n) is 7.66. The molecule has 4 N–H and O–H groups in total. The van der Waals surface area contributed by atoms with E-state index in [2.05, 4.69) is 18.7 Å². The standard InChI is InChI=1S/C32H67N3O.3ClH/c1-3-5-7-9-11-13-15-16-18-20-22-26-30-35(32(36)31(34)27-23-24-28-33)29-25-21-19-17-14-12-10-8-6-4-2;;;/h31H,3-30,33-34H2,1-2H3;3*1H. The second-order valence-electron chi connectivity index (χ2n) is 11.3. The lowest BCUT2D eigenvalue weighted by atomic mass is 10.0. The van der Waals surface area contributed by atoms with E-state index in [1.165, 1.54) is 128 Å². The first-order chi connectivity index (χ1) is 17.7. The Hall–Kier alpha value is 0.260. The smallest absolute Gasteiger partial charge is 0.239 e. The molecule has 0 spiro atoms. The maximum absolute atomic E-state index is 13.0. The van der Waals surface area contributed by atoms with Crippen LogP contribution in [0.1, 0.15) is 174 Å². The van der Waals surface area contributed by atoms with Crippen LogP contribution in [0, 0.1) is 0 Å². The molecule has 4 nitrogen and oxygen atoms in total. The van der Waals surface area contributed by atoms with Crippen LogP contribution >= 0.6 is 37.2 Å². The van der Waals surface area contributed by atoms with E-state index in [1.807, 2.05) is 0 Å². The predicted molar refractivity (Wildman–Crippen MR) is 182 cm³/mol. The van der Waals surface area contributed by atoms with Gasteiger partial charge in [0.15, 0.2) is 0 Å². The van der Waals surface area contributed by atoms with Gasteiger partial charge in [0.1, 0.15) is 0 Å². The zero-order valence-electron chi connectivity index (χ0n) is 26.1.